The fourth-order valence-electron chi connectivity index (χ4n) is 1.80. The molecule has 16 heavy (non-hydrogen) atoms. The van der Waals surface area contributed by atoms with Crippen LogP contribution in [0.4, 0.5) is 5.69 Å². The number of carbonyl (C=O) groups is 1. The number of nitrogen functional groups attached to an aromatic ring is 1. The lowest BCUT2D eigenvalue weighted by Gasteiger charge is -2.10. The maximum atomic E-state index is 11.6. The van der Waals surface area contributed by atoms with Gasteiger partial charge in [-0.3, -0.25) is 4.79 Å². The highest BCUT2D eigenvalue weighted by Crippen LogP contribution is 2.32. The fourth-order valence-corrected chi connectivity index (χ4v) is 3.02. The van der Waals surface area contributed by atoms with Gasteiger partial charge in [-0.15, -0.1) is 0 Å². The molecular weight excluding hydrogens is 228 g/mol. The van der Waals surface area contributed by atoms with Crippen LogP contribution in [0.3, 0.4) is 0 Å². The third-order valence-corrected chi connectivity index (χ3v) is 3.88. The second-order valence-corrected chi connectivity index (χ2v) is 5.72. The second kappa shape index (κ2) is 3.21. The first kappa shape index (κ1) is 10.9. The minimum absolute atomic E-state index is 0.0128. The highest BCUT2D eigenvalue weighted by atomic mass is 32.2. The largest absolute Gasteiger partial charge is 0.399 e. The van der Waals surface area contributed by atoms with Crippen LogP contribution in [0, 0.1) is 0 Å². The van der Waals surface area contributed by atoms with E-state index in [-0.39, 0.29) is 16.4 Å². The van der Waals surface area contributed by atoms with Gasteiger partial charge >= 0.3 is 0 Å². The molecule has 1 aromatic rings. The molecular formula is C10H12N2O3S. The molecule has 86 valence electrons. The van der Waals surface area contributed by atoms with Gasteiger partial charge in [-0.25, -0.2) is 13.1 Å². The number of hydrogen-bond acceptors (Lipinski definition) is 4. The van der Waals surface area contributed by atoms with E-state index in [1.807, 2.05) is 18.6 Å². The van der Waals surface area contributed by atoms with Crippen molar-refractivity contribution in [2.75, 3.05) is 5.73 Å². The zero-order valence-corrected chi connectivity index (χ0v) is 9.76. The van der Waals surface area contributed by atoms with Gasteiger partial charge in [0.05, 0.1) is 5.56 Å². The zero-order chi connectivity index (χ0) is 12.1. The molecule has 6 heteroatoms. The molecule has 3 N–H and O–H groups in total. The van der Waals surface area contributed by atoms with Crippen molar-refractivity contribution >= 4 is 21.6 Å². The summed E-state index contributed by atoms with van der Waals surface area (Å²) in [6, 6.07) is 2.96. The molecule has 1 aliphatic rings. The van der Waals surface area contributed by atoms with Crippen molar-refractivity contribution in [3.05, 3.63) is 23.3 Å². The van der Waals surface area contributed by atoms with Crippen LogP contribution in [0.5, 0.6) is 0 Å². The lowest BCUT2D eigenvalue weighted by atomic mass is 9.96. The molecule has 0 saturated heterocycles. The van der Waals surface area contributed by atoms with Gasteiger partial charge in [0.15, 0.2) is 0 Å². The van der Waals surface area contributed by atoms with E-state index in [4.69, 9.17) is 5.73 Å². The molecule has 1 aromatic carbocycles. The Morgan fingerprint density at radius 1 is 1.31 bits per heavy atom. The molecule has 2 rings (SSSR count). The lowest BCUT2D eigenvalue weighted by Crippen LogP contribution is -2.21. The SMILES string of the molecule is CC(C)c1cc(N)cc2c1C(=O)NS2(=O)=O. The highest BCUT2D eigenvalue weighted by molar-refractivity contribution is 7.90. The summed E-state index contributed by atoms with van der Waals surface area (Å²) in [4.78, 5) is 11.6. The number of anilines is 1. The second-order valence-electron chi connectivity index (χ2n) is 4.07. The standard InChI is InChI=1S/C10H12N2O3S/c1-5(2)7-3-6(11)4-8-9(7)10(13)12-16(8,14)15/h3-5H,11H2,1-2H3,(H,12,13). The number of nitrogens with one attached hydrogen (secondary N) is 1. The number of fused-ring (bicyclic) bond motifs is 1. The van der Waals surface area contributed by atoms with Crippen LogP contribution in [-0.2, 0) is 10.0 Å². The summed E-state index contributed by atoms with van der Waals surface area (Å²) in [5.41, 5.74) is 6.87. The van der Waals surface area contributed by atoms with Crippen LogP contribution in [-0.4, -0.2) is 14.3 Å². The molecule has 1 amide bonds. The first-order valence-corrected chi connectivity index (χ1v) is 6.32. The van der Waals surface area contributed by atoms with E-state index < -0.39 is 15.9 Å². The Hall–Kier alpha value is -1.56. The summed E-state index contributed by atoms with van der Waals surface area (Å²) in [5.74, 6) is -0.532. The molecule has 0 atom stereocenters. The number of hydrogen-bond donors (Lipinski definition) is 2. The van der Waals surface area contributed by atoms with Crippen molar-refractivity contribution < 1.29 is 13.2 Å². The van der Waals surface area contributed by atoms with Gasteiger partial charge in [-0.1, -0.05) is 13.8 Å². The minimum atomic E-state index is -3.71. The van der Waals surface area contributed by atoms with Gasteiger partial charge in [-0.2, -0.15) is 0 Å². The summed E-state index contributed by atoms with van der Waals surface area (Å²) in [6.45, 7) is 3.76. The molecule has 0 unspecified atom stereocenters. The van der Waals surface area contributed by atoms with Crippen LogP contribution in [0.25, 0.3) is 0 Å². The highest BCUT2D eigenvalue weighted by Gasteiger charge is 2.35. The number of rotatable bonds is 1. The number of sulfonamides is 1. The summed E-state index contributed by atoms with van der Waals surface area (Å²) in [6.07, 6.45) is 0. The fraction of sp³-hybridized carbons (Fsp3) is 0.300. The maximum Gasteiger partial charge on any atom is 0.266 e. The number of benzene rings is 1. The number of carbonyl (C=O) groups excluding carboxylic acids is 1. The Kier molecular flexibility index (Phi) is 2.20. The minimum Gasteiger partial charge on any atom is -0.399 e. The first-order chi connectivity index (χ1) is 7.33. The average molecular weight is 240 g/mol. The summed E-state index contributed by atoms with van der Waals surface area (Å²) in [5, 5.41) is 0. The third-order valence-electron chi connectivity index (χ3n) is 2.52. The maximum absolute atomic E-state index is 11.6. The quantitative estimate of drug-likeness (QED) is 0.711. The Labute approximate surface area is 93.7 Å². The molecule has 1 aliphatic heterocycles. The topological polar surface area (TPSA) is 89.3 Å². The van der Waals surface area contributed by atoms with Gasteiger partial charge in [-0.05, 0) is 23.6 Å². The van der Waals surface area contributed by atoms with Gasteiger partial charge in [0, 0.05) is 5.69 Å². The lowest BCUT2D eigenvalue weighted by molar-refractivity contribution is 0.0984. The Balaban J connectivity index is 2.84. The van der Waals surface area contributed by atoms with Crippen molar-refractivity contribution in [2.24, 2.45) is 0 Å². The Morgan fingerprint density at radius 2 is 1.94 bits per heavy atom. The molecule has 0 radical (unpaired) electrons. The molecule has 1 heterocycles. The van der Waals surface area contributed by atoms with Crippen LogP contribution in [0.2, 0.25) is 0 Å². The van der Waals surface area contributed by atoms with E-state index >= 15 is 0 Å². The van der Waals surface area contributed by atoms with Crippen LogP contribution in [0.1, 0.15) is 35.7 Å². The van der Waals surface area contributed by atoms with Crippen molar-refractivity contribution in [3.8, 4) is 0 Å². The van der Waals surface area contributed by atoms with Gasteiger partial charge in [0.25, 0.3) is 15.9 Å². The van der Waals surface area contributed by atoms with E-state index in [2.05, 4.69) is 0 Å². The zero-order valence-electron chi connectivity index (χ0n) is 8.94. The first-order valence-electron chi connectivity index (χ1n) is 4.83. The van der Waals surface area contributed by atoms with Crippen molar-refractivity contribution in [3.63, 3.8) is 0 Å². The number of amides is 1. The average Bonchev–Trinajstić information content (AvgIpc) is 2.36. The predicted molar refractivity (Wildman–Crippen MR) is 59.6 cm³/mol. The molecule has 0 aliphatic carbocycles. The summed E-state index contributed by atoms with van der Waals surface area (Å²) >= 11 is 0. The van der Waals surface area contributed by atoms with Crippen molar-refractivity contribution in [2.45, 2.75) is 24.7 Å². The summed E-state index contributed by atoms with van der Waals surface area (Å²) in [7, 11) is -3.71. The molecule has 5 nitrogen and oxygen atoms in total. The van der Waals surface area contributed by atoms with Gasteiger partial charge in [0.2, 0.25) is 0 Å². The van der Waals surface area contributed by atoms with Crippen molar-refractivity contribution in [1.29, 1.82) is 0 Å². The molecule has 0 spiro atoms. The molecule has 0 fully saturated rings. The third kappa shape index (κ3) is 1.46. The molecule has 0 bridgehead atoms. The Morgan fingerprint density at radius 3 is 2.50 bits per heavy atom. The predicted octanol–water partition coefficient (Wildman–Crippen LogP) is 0.824. The molecule has 0 aromatic heterocycles. The van der Waals surface area contributed by atoms with E-state index in [1.165, 1.54) is 6.07 Å². The molecule has 0 saturated carbocycles. The van der Waals surface area contributed by atoms with Crippen LogP contribution >= 0.6 is 0 Å². The van der Waals surface area contributed by atoms with Crippen LogP contribution < -0.4 is 10.5 Å². The smallest absolute Gasteiger partial charge is 0.266 e. The van der Waals surface area contributed by atoms with Crippen molar-refractivity contribution in [1.82, 2.24) is 4.72 Å². The van der Waals surface area contributed by atoms with Gasteiger partial charge in [0.1, 0.15) is 4.90 Å². The summed E-state index contributed by atoms with van der Waals surface area (Å²) < 4.78 is 25.2. The van der Waals surface area contributed by atoms with E-state index in [1.54, 1.807) is 6.07 Å². The van der Waals surface area contributed by atoms with Gasteiger partial charge < -0.3 is 5.73 Å². The van der Waals surface area contributed by atoms with E-state index in [9.17, 15) is 13.2 Å². The van der Waals surface area contributed by atoms with E-state index in [0.717, 1.165) is 0 Å². The number of nitrogens with two attached hydrogens (primary N) is 1. The monoisotopic (exact) mass is 240 g/mol. The van der Waals surface area contributed by atoms with Crippen LogP contribution in [0.15, 0.2) is 17.0 Å². The Bertz CT molecular complexity index is 576. The normalized spacial score (nSPS) is 17.3. The van der Waals surface area contributed by atoms with E-state index in [0.29, 0.717) is 11.3 Å².